The lowest BCUT2D eigenvalue weighted by Gasteiger charge is -2.35. The van der Waals surface area contributed by atoms with E-state index in [-0.39, 0.29) is 5.91 Å². The Labute approximate surface area is 121 Å². The molecule has 20 heavy (non-hydrogen) atoms. The van der Waals surface area contributed by atoms with Gasteiger partial charge in [-0.3, -0.25) is 4.79 Å². The van der Waals surface area contributed by atoms with Crippen molar-refractivity contribution in [3.8, 4) is 0 Å². The number of rotatable bonds is 4. The maximum atomic E-state index is 12.6. The molecule has 0 aliphatic carbocycles. The Morgan fingerprint density at radius 2 is 2.10 bits per heavy atom. The zero-order chi connectivity index (χ0) is 14.5. The average molecular weight is 275 g/mol. The molecule has 0 bridgehead atoms. The van der Waals surface area contributed by atoms with Gasteiger partial charge in [-0.05, 0) is 63.6 Å². The first-order valence-electron chi connectivity index (χ1n) is 7.36. The quantitative estimate of drug-likeness (QED) is 0.902. The number of nitrogens with zero attached hydrogens (tertiary/aromatic N) is 2. The molecule has 2 rings (SSSR count). The molecule has 0 unspecified atom stereocenters. The van der Waals surface area contributed by atoms with Gasteiger partial charge >= 0.3 is 0 Å². The van der Waals surface area contributed by atoms with E-state index in [1.54, 1.807) is 0 Å². The van der Waals surface area contributed by atoms with Gasteiger partial charge in [0.25, 0.3) is 5.91 Å². The fourth-order valence-electron chi connectivity index (χ4n) is 2.78. The second-order valence-electron chi connectivity index (χ2n) is 5.69. The van der Waals surface area contributed by atoms with Crippen LogP contribution in [0.15, 0.2) is 24.3 Å². The number of hydrogen-bond donors (Lipinski definition) is 1. The highest BCUT2D eigenvalue weighted by Gasteiger charge is 2.24. The van der Waals surface area contributed by atoms with Crippen molar-refractivity contribution in [3.63, 3.8) is 0 Å². The van der Waals surface area contributed by atoms with Crippen LogP contribution in [0, 0.1) is 0 Å². The van der Waals surface area contributed by atoms with E-state index in [0.29, 0.717) is 12.6 Å². The summed E-state index contributed by atoms with van der Waals surface area (Å²) in [4.78, 5) is 16.8. The van der Waals surface area contributed by atoms with Gasteiger partial charge in [0.15, 0.2) is 0 Å². The van der Waals surface area contributed by atoms with E-state index in [0.717, 1.165) is 43.5 Å². The van der Waals surface area contributed by atoms with E-state index in [1.807, 2.05) is 36.2 Å². The van der Waals surface area contributed by atoms with Gasteiger partial charge in [-0.25, -0.2) is 0 Å². The Morgan fingerprint density at radius 1 is 1.40 bits per heavy atom. The van der Waals surface area contributed by atoms with Crippen molar-refractivity contribution >= 4 is 5.91 Å². The molecule has 1 heterocycles. The van der Waals surface area contributed by atoms with E-state index in [2.05, 4.69) is 11.9 Å². The summed E-state index contributed by atoms with van der Waals surface area (Å²) in [6.45, 7) is 2.74. The SMILES string of the molecule is CN1CCC(N(C)C(=O)c2cccc(CCN)c2)CC1. The second kappa shape index (κ2) is 6.86. The zero-order valence-electron chi connectivity index (χ0n) is 12.5. The van der Waals surface area contributed by atoms with Gasteiger partial charge in [0, 0.05) is 18.7 Å². The molecule has 1 fully saturated rings. The molecule has 2 N–H and O–H groups in total. The number of nitrogens with two attached hydrogens (primary N) is 1. The average Bonchev–Trinajstić information content (AvgIpc) is 2.47. The molecule has 1 aromatic rings. The Hall–Kier alpha value is -1.39. The van der Waals surface area contributed by atoms with Crippen LogP contribution in [-0.4, -0.2) is 55.5 Å². The lowest BCUT2D eigenvalue weighted by molar-refractivity contribution is 0.0659. The fourth-order valence-corrected chi connectivity index (χ4v) is 2.78. The molecule has 1 saturated heterocycles. The molecule has 4 nitrogen and oxygen atoms in total. The van der Waals surface area contributed by atoms with E-state index in [9.17, 15) is 4.79 Å². The van der Waals surface area contributed by atoms with E-state index >= 15 is 0 Å². The summed E-state index contributed by atoms with van der Waals surface area (Å²) in [5.41, 5.74) is 7.49. The first-order chi connectivity index (χ1) is 9.61. The van der Waals surface area contributed by atoms with Crippen molar-refractivity contribution in [1.82, 2.24) is 9.80 Å². The maximum Gasteiger partial charge on any atom is 0.253 e. The van der Waals surface area contributed by atoms with Gasteiger partial charge in [0.2, 0.25) is 0 Å². The van der Waals surface area contributed by atoms with Gasteiger partial charge in [-0.15, -0.1) is 0 Å². The fraction of sp³-hybridized carbons (Fsp3) is 0.562. The van der Waals surface area contributed by atoms with Crippen LogP contribution in [-0.2, 0) is 6.42 Å². The summed E-state index contributed by atoms with van der Waals surface area (Å²) < 4.78 is 0. The minimum Gasteiger partial charge on any atom is -0.339 e. The van der Waals surface area contributed by atoms with Gasteiger partial charge in [0.05, 0.1) is 0 Å². The topological polar surface area (TPSA) is 49.6 Å². The van der Waals surface area contributed by atoms with E-state index in [1.165, 1.54) is 0 Å². The minimum absolute atomic E-state index is 0.124. The number of hydrogen-bond acceptors (Lipinski definition) is 3. The highest BCUT2D eigenvalue weighted by Crippen LogP contribution is 2.17. The number of carbonyl (C=O) groups excluding carboxylic acids is 1. The number of likely N-dealkylation sites (tertiary alicyclic amines) is 1. The highest BCUT2D eigenvalue weighted by atomic mass is 16.2. The van der Waals surface area contributed by atoms with Crippen LogP contribution >= 0.6 is 0 Å². The Kier molecular flexibility index (Phi) is 5.15. The van der Waals surface area contributed by atoms with E-state index in [4.69, 9.17) is 5.73 Å². The first-order valence-corrected chi connectivity index (χ1v) is 7.36. The van der Waals surface area contributed by atoms with Crippen molar-refractivity contribution in [1.29, 1.82) is 0 Å². The monoisotopic (exact) mass is 275 g/mol. The predicted octanol–water partition coefficient (Wildman–Crippen LogP) is 1.35. The number of piperidine rings is 1. The Balaban J connectivity index is 2.04. The molecule has 1 aliphatic heterocycles. The smallest absolute Gasteiger partial charge is 0.253 e. The Morgan fingerprint density at radius 3 is 2.75 bits per heavy atom. The van der Waals surface area contributed by atoms with Crippen LogP contribution < -0.4 is 5.73 Å². The molecule has 110 valence electrons. The second-order valence-corrected chi connectivity index (χ2v) is 5.69. The summed E-state index contributed by atoms with van der Waals surface area (Å²) >= 11 is 0. The molecular formula is C16H25N3O. The summed E-state index contributed by atoms with van der Waals surface area (Å²) in [6.07, 6.45) is 2.93. The van der Waals surface area contributed by atoms with Crippen LogP contribution in [0.4, 0.5) is 0 Å². The minimum atomic E-state index is 0.124. The van der Waals surface area contributed by atoms with Gasteiger partial charge in [-0.1, -0.05) is 12.1 Å². The summed E-state index contributed by atoms with van der Waals surface area (Å²) in [6, 6.07) is 8.20. The maximum absolute atomic E-state index is 12.6. The highest BCUT2D eigenvalue weighted by molar-refractivity contribution is 5.94. The number of carbonyl (C=O) groups is 1. The third-order valence-electron chi connectivity index (χ3n) is 4.16. The van der Waals surface area contributed by atoms with Crippen LogP contribution in [0.2, 0.25) is 0 Å². The largest absolute Gasteiger partial charge is 0.339 e. The van der Waals surface area contributed by atoms with Crippen molar-refractivity contribution in [2.24, 2.45) is 5.73 Å². The molecule has 4 heteroatoms. The van der Waals surface area contributed by atoms with Gasteiger partial charge in [0.1, 0.15) is 0 Å². The van der Waals surface area contributed by atoms with Crippen molar-refractivity contribution in [3.05, 3.63) is 35.4 Å². The van der Waals surface area contributed by atoms with Crippen molar-refractivity contribution in [2.75, 3.05) is 33.7 Å². The third kappa shape index (κ3) is 3.58. The van der Waals surface area contributed by atoms with Gasteiger partial charge < -0.3 is 15.5 Å². The molecular weight excluding hydrogens is 250 g/mol. The van der Waals surface area contributed by atoms with E-state index < -0.39 is 0 Å². The first kappa shape index (κ1) is 15.0. The molecule has 0 radical (unpaired) electrons. The number of amides is 1. The third-order valence-corrected chi connectivity index (χ3v) is 4.16. The lowest BCUT2D eigenvalue weighted by Crippen LogP contribution is -2.44. The molecule has 1 aromatic carbocycles. The Bertz CT molecular complexity index is 453. The molecule has 1 aliphatic rings. The van der Waals surface area contributed by atoms with Crippen LogP contribution in [0.3, 0.4) is 0 Å². The van der Waals surface area contributed by atoms with Crippen LogP contribution in [0.25, 0.3) is 0 Å². The lowest BCUT2D eigenvalue weighted by atomic mass is 10.0. The van der Waals surface area contributed by atoms with Gasteiger partial charge in [-0.2, -0.15) is 0 Å². The number of benzene rings is 1. The van der Waals surface area contributed by atoms with Crippen molar-refractivity contribution < 1.29 is 4.79 Å². The molecule has 0 atom stereocenters. The molecule has 1 amide bonds. The summed E-state index contributed by atoms with van der Waals surface area (Å²) in [5.74, 6) is 0.124. The molecule has 0 saturated carbocycles. The normalized spacial score (nSPS) is 17.1. The van der Waals surface area contributed by atoms with Crippen LogP contribution in [0.1, 0.15) is 28.8 Å². The summed E-state index contributed by atoms with van der Waals surface area (Å²) in [5, 5.41) is 0. The van der Waals surface area contributed by atoms with Crippen LogP contribution in [0.5, 0.6) is 0 Å². The zero-order valence-corrected chi connectivity index (χ0v) is 12.5. The summed E-state index contributed by atoms with van der Waals surface area (Å²) in [7, 11) is 4.06. The predicted molar refractivity (Wildman–Crippen MR) is 81.8 cm³/mol. The standard InChI is InChI=1S/C16H25N3O/c1-18-10-7-15(8-11-18)19(2)16(20)14-5-3-4-13(12-14)6-9-17/h3-5,12,15H,6-11,17H2,1-2H3. The van der Waals surface area contributed by atoms with Crippen molar-refractivity contribution in [2.45, 2.75) is 25.3 Å². The molecule has 0 aromatic heterocycles. The molecule has 0 spiro atoms.